The molecule has 1 rings (SSSR count). The van der Waals surface area contributed by atoms with Gasteiger partial charge < -0.3 is 10.5 Å². The third kappa shape index (κ3) is 3.72. The molecule has 0 fully saturated rings. The largest absolute Gasteiger partial charge is 0.456 e. The number of hydrogen-bond acceptors (Lipinski definition) is 3. The van der Waals surface area contributed by atoms with Crippen LogP contribution >= 0.6 is 11.6 Å². The number of benzene rings is 1. The molecule has 0 radical (unpaired) electrons. The van der Waals surface area contributed by atoms with Crippen LogP contribution < -0.4 is 5.73 Å². The van der Waals surface area contributed by atoms with Gasteiger partial charge >= 0.3 is 5.97 Å². The van der Waals surface area contributed by atoms with Crippen LogP contribution in [-0.2, 0) is 9.53 Å². The molecule has 1 aromatic carbocycles. The van der Waals surface area contributed by atoms with Crippen LogP contribution in [0.15, 0.2) is 18.2 Å². The molecule has 2 N–H and O–H groups in total. The second-order valence-corrected chi connectivity index (χ2v) is 4.75. The Labute approximate surface area is 113 Å². The zero-order valence-corrected chi connectivity index (χ0v) is 11.8. The molecular formula is C14H20ClNO2. The molecule has 2 unspecified atom stereocenters. The third-order valence-corrected chi connectivity index (χ3v) is 3.34. The molecule has 100 valence electrons. The number of ether oxygens (including phenoxy) is 1. The Morgan fingerprint density at radius 2 is 2.11 bits per heavy atom. The van der Waals surface area contributed by atoms with Crippen molar-refractivity contribution in [1.29, 1.82) is 0 Å². The number of aryl methyl sites for hydroxylation is 1. The average Bonchev–Trinajstić information content (AvgIpc) is 2.38. The first-order valence-electron chi connectivity index (χ1n) is 6.20. The lowest BCUT2D eigenvalue weighted by atomic mass is 9.99. The highest BCUT2D eigenvalue weighted by atomic mass is 35.5. The molecule has 3 nitrogen and oxygen atoms in total. The summed E-state index contributed by atoms with van der Waals surface area (Å²) in [7, 11) is 0. The van der Waals surface area contributed by atoms with Gasteiger partial charge in [0.2, 0.25) is 0 Å². The third-order valence-electron chi connectivity index (χ3n) is 2.92. The minimum absolute atomic E-state index is 0.207. The topological polar surface area (TPSA) is 52.3 Å². The van der Waals surface area contributed by atoms with Gasteiger partial charge in [0, 0.05) is 17.5 Å². The van der Waals surface area contributed by atoms with Gasteiger partial charge in [-0.25, -0.2) is 0 Å². The summed E-state index contributed by atoms with van der Waals surface area (Å²) in [5.41, 5.74) is 7.88. The Bertz CT molecular complexity index is 420. The van der Waals surface area contributed by atoms with Crippen LogP contribution in [-0.4, -0.2) is 12.0 Å². The lowest BCUT2D eigenvalue weighted by Gasteiger charge is -2.24. The van der Waals surface area contributed by atoms with Crippen LogP contribution in [0, 0.1) is 6.92 Å². The maximum absolute atomic E-state index is 11.5. The van der Waals surface area contributed by atoms with Crippen LogP contribution in [0.25, 0.3) is 0 Å². The number of halogens is 1. The molecule has 0 spiro atoms. The molecule has 0 amide bonds. The quantitative estimate of drug-likeness (QED) is 0.834. The van der Waals surface area contributed by atoms with E-state index < -0.39 is 6.10 Å². The monoisotopic (exact) mass is 269 g/mol. The number of nitrogens with two attached hydrogens (primary N) is 1. The van der Waals surface area contributed by atoms with Gasteiger partial charge in [-0.2, -0.15) is 0 Å². The van der Waals surface area contributed by atoms with E-state index in [2.05, 4.69) is 0 Å². The lowest BCUT2D eigenvalue weighted by molar-refractivity contribution is -0.150. The summed E-state index contributed by atoms with van der Waals surface area (Å²) in [6.07, 6.45) is 0.682. The predicted molar refractivity (Wildman–Crippen MR) is 73.6 cm³/mol. The van der Waals surface area contributed by atoms with Crippen LogP contribution in [0.5, 0.6) is 0 Å². The number of esters is 1. The van der Waals surface area contributed by atoms with E-state index in [1.165, 1.54) is 0 Å². The van der Waals surface area contributed by atoms with Crippen molar-refractivity contribution in [2.75, 3.05) is 0 Å². The molecule has 0 saturated heterocycles. The molecule has 0 aliphatic carbocycles. The first-order chi connectivity index (χ1) is 8.49. The number of carbonyl (C=O) groups is 1. The van der Waals surface area contributed by atoms with Crippen LogP contribution in [0.2, 0.25) is 5.02 Å². The normalized spacial score (nSPS) is 14.1. The Morgan fingerprint density at radius 1 is 1.44 bits per heavy atom. The van der Waals surface area contributed by atoms with E-state index >= 15 is 0 Å². The van der Waals surface area contributed by atoms with Gasteiger partial charge in [0.15, 0.2) is 0 Å². The summed E-state index contributed by atoms with van der Waals surface area (Å²) in [6.45, 7) is 5.66. The second-order valence-electron chi connectivity index (χ2n) is 4.34. The number of carbonyl (C=O) groups excluding carboxylic acids is 1. The van der Waals surface area contributed by atoms with Crippen molar-refractivity contribution in [3.63, 3.8) is 0 Å². The zero-order valence-electron chi connectivity index (χ0n) is 11.1. The molecule has 0 heterocycles. The van der Waals surface area contributed by atoms with E-state index in [0.29, 0.717) is 11.4 Å². The maximum Gasteiger partial charge on any atom is 0.306 e. The molecule has 0 aromatic heterocycles. The van der Waals surface area contributed by atoms with Crippen LogP contribution in [0.1, 0.15) is 43.9 Å². The van der Waals surface area contributed by atoms with Crippen LogP contribution in [0.4, 0.5) is 0 Å². The average molecular weight is 270 g/mol. The maximum atomic E-state index is 11.5. The minimum Gasteiger partial charge on any atom is -0.456 e. The second kappa shape index (κ2) is 6.76. The SMILES string of the molecule is CCC(=O)OC(c1ccc(Cl)c(C)c1)C(N)CC. The van der Waals surface area contributed by atoms with E-state index in [0.717, 1.165) is 17.5 Å². The summed E-state index contributed by atoms with van der Waals surface area (Å²) in [6, 6.07) is 5.38. The van der Waals surface area contributed by atoms with Gasteiger partial charge in [-0.3, -0.25) is 4.79 Å². The van der Waals surface area contributed by atoms with Gasteiger partial charge in [-0.15, -0.1) is 0 Å². The van der Waals surface area contributed by atoms with Gasteiger partial charge in [0.05, 0.1) is 0 Å². The molecular weight excluding hydrogens is 250 g/mol. The smallest absolute Gasteiger partial charge is 0.306 e. The van der Waals surface area contributed by atoms with Crippen molar-refractivity contribution in [3.8, 4) is 0 Å². The highest BCUT2D eigenvalue weighted by molar-refractivity contribution is 6.31. The van der Waals surface area contributed by atoms with E-state index in [4.69, 9.17) is 22.1 Å². The van der Waals surface area contributed by atoms with E-state index in [1.807, 2.05) is 26.0 Å². The highest BCUT2D eigenvalue weighted by Crippen LogP contribution is 2.26. The van der Waals surface area contributed by atoms with E-state index in [1.54, 1.807) is 13.0 Å². The van der Waals surface area contributed by atoms with Crippen molar-refractivity contribution < 1.29 is 9.53 Å². The molecule has 18 heavy (non-hydrogen) atoms. The van der Waals surface area contributed by atoms with Crippen molar-refractivity contribution in [1.82, 2.24) is 0 Å². The number of hydrogen-bond donors (Lipinski definition) is 1. The van der Waals surface area contributed by atoms with Crippen molar-refractivity contribution in [2.24, 2.45) is 5.73 Å². The summed E-state index contributed by atoms with van der Waals surface area (Å²) >= 11 is 5.99. The fourth-order valence-corrected chi connectivity index (χ4v) is 1.80. The zero-order chi connectivity index (χ0) is 13.7. The molecule has 0 aliphatic rings. The summed E-state index contributed by atoms with van der Waals surface area (Å²) in [5.74, 6) is -0.239. The fraction of sp³-hybridized carbons (Fsp3) is 0.500. The first-order valence-corrected chi connectivity index (χ1v) is 6.58. The Kier molecular flexibility index (Phi) is 5.63. The van der Waals surface area contributed by atoms with Crippen LogP contribution in [0.3, 0.4) is 0 Å². The Balaban J connectivity index is 3.01. The molecule has 0 bridgehead atoms. The van der Waals surface area contributed by atoms with Crippen molar-refractivity contribution in [2.45, 2.75) is 45.8 Å². The summed E-state index contributed by atoms with van der Waals surface area (Å²) in [4.78, 5) is 11.5. The minimum atomic E-state index is -0.404. The van der Waals surface area contributed by atoms with Gasteiger partial charge in [0.25, 0.3) is 0 Å². The van der Waals surface area contributed by atoms with E-state index in [-0.39, 0.29) is 12.0 Å². The predicted octanol–water partition coefficient (Wildman–Crippen LogP) is 3.38. The number of rotatable bonds is 5. The Morgan fingerprint density at radius 3 is 2.61 bits per heavy atom. The fourth-order valence-electron chi connectivity index (χ4n) is 1.69. The van der Waals surface area contributed by atoms with Gasteiger partial charge in [-0.1, -0.05) is 37.6 Å². The molecule has 4 heteroatoms. The standard InChI is InChI=1S/C14H20ClNO2/c1-4-12(16)14(18-13(17)5-2)10-6-7-11(15)9(3)8-10/h6-8,12,14H,4-5,16H2,1-3H3. The van der Waals surface area contributed by atoms with Gasteiger partial charge in [-0.05, 0) is 30.5 Å². The molecule has 2 atom stereocenters. The summed E-state index contributed by atoms with van der Waals surface area (Å²) in [5, 5.41) is 0.699. The highest BCUT2D eigenvalue weighted by Gasteiger charge is 2.22. The summed E-state index contributed by atoms with van der Waals surface area (Å²) < 4.78 is 5.43. The Hall–Kier alpha value is -1.06. The molecule has 1 aromatic rings. The van der Waals surface area contributed by atoms with Crippen molar-refractivity contribution in [3.05, 3.63) is 34.3 Å². The van der Waals surface area contributed by atoms with Crippen molar-refractivity contribution >= 4 is 17.6 Å². The molecule has 0 saturated carbocycles. The van der Waals surface area contributed by atoms with E-state index in [9.17, 15) is 4.79 Å². The van der Waals surface area contributed by atoms with Gasteiger partial charge in [0.1, 0.15) is 6.10 Å². The molecule has 0 aliphatic heterocycles. The lowest BCUT2D eigenvalue weighted by Crippen LogP contribution is -2.31. The first kappa shape index (κ1) is 15.0.